The number of nitrogens with zero attached hydrogens (tertiary/aromatic N) is 2. The van der Waals surface area contributed by atoms with Gasteiger partial charge in [-0.15, -0.1) is 0 Å². The molecule has 0 radical (unpaired) electrons. The lowest BCUT2D eigenvalue weighted by molar-refractivity contribution is 0.104. The molecule has 0 aliphatic carbocycles. The average molecular weight is 296 g/mol. The number of para-hydroxylation sites is 1. The van der Waals surface area contributed by atoms with Crippen molar-refractivity contribution < 1.29 is 4.79 Å². The van der Waals surface area contributed by atoms with Gasteiger partial charge in [0.05, 0.1) is 0 Å². The van der Waals surface area contributed by atoms with Crippen LogP contribution in [0, 0.1) is 0 Å². The van der Waals surface area contributed by atoms with Gasteiger partial charge in [-0.1, -0.05) is 29.5 Å². The molecule has 0 unspecified atom stereocenters. The number of ketones is 1. The van der Waals surface area contributed by atoms with E-state index in [0.29, 0.717) is 15.6 Å². The van der Waals surface area contributed by atoms with Crippen LogP contribution >= 0.6 is 11.3 Å². The number of hydrogen-bond donors (Lipinski definition) is 2. The maximum atomic E-state index is 12.4. The van der Waals surface area contributed by atoms with E-state index in [9.17, 15) is 4.79 Å². The van der Waals surface area contributed by atoms with E-state index in [1.165, 1.54) is 11.3 Å². The SMILES string of the molecule is Nc1nc(Nc2ccccc2)sc1C(=O)c1ccncc1. The fourth-order valence-electron chi connectivity index (χ4n) is 1.83. The van der Waals surface area contributed by atoms with Crippen LogP contribution in [0.3, 0.4) is 0 Å². The Kier molecular flexibility index (Phi) is 3.61. The lowest BCUT2D eigenvalue weighted by atomic mass is 10.1. The first-order chi connectivity index (χ1) is 10.2. The summed E-state index contributed by atoms with van der Waals surface area (Å²) in [6.45, 7) is 0. The van der Waals surface area contributed by atoms with Gasteiger partial charge in [-0.05, 0) is 24.3 Å². The maximum Gasteiger partial charge on any atom is 0.206 e. The molecule has 0 bridgehead atoms. The van der Waals surface area contributed by atoms with Crippen molar-refractivity contribution in [2.24, 2.45) is 0 Å². The molecule has 0 spiro atoms. The zero-order chi connectivity index (χ0) is 14.7. The van der Waals surface area contributed by atoms with Gasteiger partial charge in [-0.25, -0.2) is 4.98 Å². The Balaban J connectivity index is 1.86. The van der Waals surface area contributed by atoms with Crippen LogP contribution in [0.5, 0.6) is 0 Å². The van der Waals surface area contributed by atoms with Gasteiger partial charge < -0.3 is 11.1 Å². The molecule has 2 heterocycles. The Morgan fingerprint density at radius 2 is 1.81 bits per heavy atom. The Morgan fingerprint density at radius 3 is 2.52 bits per heavy atom. The summed E-state index contributed by atoms with van der Waals surface area (Å²) < 4.78 is 0. The second-order valence-electron chi connectivity index (χ2n) is 4.29. The summed E-state index contributed by atoms with van der Waals surface area (Å²) in [5, 5.41) is 3.73. The van der Waals surface area contributed by atoms with Gasteiger partial charge in [-0.3, -0.25) is 9.78 Å². The quantitative estimate of drug-likeness (QED) is 0.723. The first-order valence-corrected chi connectivity index (χ1v) is 7.09. The largest absolute Gasteiger partial charge is 0.382 e. The van der Waals surface area contributed by atoms with Crippen LogP contribution in [0.4, 0.5) is 16.6 Å². The van der Waals surface area contributed by atoms with Gasteiger partial charge in [0.15, 0.2) is 5.13 Å². The number of nitrogen functional groups attached to an aromatic ring is 1. The van der Waals surface area contributed by atoms with Crippen molar-refractivity contribution in [3.8, 4) is 0 Å². The number of rotatable bonds is 4. The van der Waals surface area contributed by atoms with E-state index in [1.807, 2.05) is 30.3 Å². The number of thiazole rings is 1. The topological polar surface area (TPSA) is 80.9 Å². The van der Waals surface area contributed by atoms with Gasteiger partial charge in [0, 0.05) is 23.6 Å². The molecule has 0 amide bonds. The van der Waals surface area contributed by atoms with Gasteiger partial charge in [0.25, 0.3) is 0 Å². The molecule has 0 aliphatic rings. The number of anilines is 3. The summed E-state index contributed by atoms with van der Waals surface area (Å²) in [5.74, 6) is 0.0914. The molecule has 0 fully saturated rings. The van der Waals surface area contributed by atoms with Crippen LogP contribution in [0.25, 0.3) is 0 Å². The predicted molar refractivity (Wildman–Crippen MR) is 83.9 cm³/mol. The van der Waals surface area contributed by atoms with Crippen LogP contribution in [0.1, 0.15) is 15.2 Å². The molecule has 2 aromatic heterocycles. The lowest BCUT2D eigenvalue weighted by Crippen LogP contribution is -2.02. The number of nitrogens with two attached hydrogens (primary N) is 1. The Labute approximate surface area is 125 Å². The number of nitrogens with one attached hydrogen (secondary N) is 1. The van der Waals surface area contributed by atoms with Gasteiger partial charge in [0.1, 0.15) is 10.7 Å². The molecular weight excluding hydrogens is 284 g/mol. The standard InChI is InChI=1S/C15H12N4OS/c16-14-13(12(20)10-6-8-17-9-7-10)21-15(19-14)18-11-4-2-1-3-5-11/h1-9H,16H2,(H,18,19). The maximum absolute atomic E-state index is 12.4. The summed E-state index contributed by atoms with van der Waals surface area (Å²) in [6.07, 6.45) is 3.15. The molecule has 21 heavy (non-hydrogen) atoms. The second kappa shape index (κ2) is 5.72. The highest BCUT2D eigenvalue weighted by atomic mass is 32.1. The summed E-state index contributed by atoms with van der Waals surface area (Å²) in [6, 6.07) is 12.9. The second-order valence-corrected chi connectivity index (χ2v) is 5.29. The summed E-state index contributed by atoms with van der Waals surface area (Å²) in [7, 11) is 0. The van der Waals surface area contributed by atoms with Crippen molar-refractivity contribution in [1.29, 1.82) is 0 Å². The Hall–Kier alpha value is -2.73. The van der Waals surface area contributed by atoms with Crippen LogP contribution in [0.15, 0.2) is 54.9 Å². The molecule has 104 valence electrons. The molecule has 5 nitrogen and oxygen atoms in total. The van der Waals surface area contributed by atoms with E-state index in [-0.39, 0.29) is 11.6 Å². The third kappa shape index (κ3) is 2.90. The minimum atomic E-state index is -0.145. The summed E-state index contributed by atoms with van der Waals surface area (Å²) in [5.41, 5.74) is 7.30. The number of pyridine rings is 1. The highest BCUT2D eigenvalue weighted by Crippen LogP contribution is 2.29. The van der Waals surface area contributed by atoms with E-state index in [1.54, 1.807) is 24.5 Å². The van der Waals surface area contributed by atoms with Gasteiger partial charge in [-0.2, -0.15) is 0 Å². The first-order valence-electron chi connectivity index (χ1n) is 6.27. The average Bonchev–Trinajstić information content (AvgIpc) is 2.89. The summed E-state index contributed by atoms with van der Waals surface area (Å²) >= 11 is 1.24. The Bertz CT molecular complexity index is 756. The van der Waals surface area contributed by atoms with Gasteiger partial charge in [0.2, 0.25) is 5.78 Å². The number of carbonyl (C=O) groups excluding carboxylic acids is 1. The third-order valence-corrected chi connectivity index (χ3v) is 3.81. The van der Waals surface area contributed by atoms with Crippen molar-refractivity contribution in [1.82, 2.24) is 9.97 Å². The number of carbonyl (C=O) groups is 1. The molecule has 1 aromatic carbocycles. The zero-order valence-corrected chi connectivity index (χ0v) is 11.8. The fraction of sp³-hybridized carbons (Fsp3) is 0. The van der Waals surface area contributed by atoms with Crippen LogP contribution in [0.2, 0.25) is 0 Å². The van der Waals surface area contributed by atoms with Crippen molar-refractivity contribution >= 4 is 33.8 Å². The molecule has 3 N–H and O–H groups in total. The van der Waals surface area contributed by atoms with Crippen LogP contribution < -0.4 is 11.1 Å². The fourth-order valence-corrected chi connectivity index (χ4v) is 2.69. The van der Waals surface area contributed by atoms with Crippen molar-refractivity contribution in [3.05, 3.63) is 65.3 Å². The highest BCUT2D eigenvalue weighted by Gasteiger charge is 2.17. The first kappa shape index (κ1) is 13.3. The third-order valence-electron chi connectivity index (χ3n) is 2.83. The molecule has 6 heteroatoms. The van der Waals surface area contributed by atoms with Crippen LogP contribution in [-0.2, 0) is 0 Å². The molecule has 0 aliphatic heterocycles. The van der Waals surface area contributed by atoms with Crippen molar-refractivity contribution in [2.45, 2.75) is 0 Å². The highest BCUT2D eigenvalue weighted by molar-refractivity contribution is 7.18. The van der Waals surface area contributed by atoms with Crippen molar-refractivity contribution in [3.63, 3.8) is 0 Å². The normalized spacial score (nSPS) is 10.3. The zero-order valence-electron chi connectivity index (χ0n) is 11.0. The molecule has 3 rings (SSSR count). The number of aromatic nitrogens is 2. The van der Waals surface area contributed by atoms with E-state index in [4.69, 9.17) is 5.73 Å². The van der Waals surface area contributed by atoms with E-state index < -0.39 is 0 Å². The van der Waals surface area contributed by atoms with Gasteiger partial charge >= 0.3 is 0 Å². The molecular formula is C15H12N4OS. The van der Waals surface area contributed by atoms with E-state index >= 15 is 0 Å². The number of hydrogen-bond acceptors (Lipinski definition) is 6. The Morgan fingerprint density at radius 1 is 1.10 bits per heavy atom. The molecule has 0 saturated carbocycles. The smallest absolute Gasteiger partial charge is 0.206 e. The predicted octanol–water partition coefficient (Wildman–Crippen LogP) is 3.09. The number of benzene rings is 1. The molecule has 3 aromatic rings. The monoisotopic (exact) mass is 296 g/mol. The minimum absolute atomic E-state index is 0.145. The summed E-state index contributed by atoms with van der Waals surface area (Å²) in [4.78, 5) is 20.9. The minimum Gasteiger partial charge on any atom is -0.382 e. The molecule has 0 atom stereocenters. The van der Waals surface area contributed by atoms with Crippen LogP contribution in [-0.4, -0.2) is 15.8 Å². The van der Waals surface area contributed by atoms with E-state index in [2.05, 4.69) is 15.3 Å². The van der Waals surface area contributed by atoms with Crippen molar-refractivity contribution in [2.75, 3.05) is 11.1 Å². The lowest BCUT2D eigenvalue weighted by Gasteiger charge is -2.00. The van der Waals surface area contributed by atoms with E-state index in [0.717, 1.165) is 5.69 Å². The molecule has 0 saturated heterocycles.